The SMILES string of the molecule is C#CC(C)(C)NCCCCC(N)=NO. The zero-order valence-electron chi connectivity index (χ0n) is 8.88. The third-order valence-electron chi connectivity index (χ3n) is 1.92. The van der Waals surface area contributed by atoms with E-state index in [4.69, 9.17) is 17.4 Å². The van der Waals surface area contributed by atoms with Gasteiger partial charge in [-0.15, -0.1) is 6.42 Å². The molecule has 0 saturated carbocycles. The third kappa shape index (κ3) is 6.32. The van der Waals surface area contributed by atoms with Crippen LogP contribution in [0.15, 0.2) is 5.16 Å². The average molecular weight is 197 g/mol. The van der Waals surface area contributed by atoms with Crippen LogP contribution in [0.25, 0.3) is 0 Å². The Morgan fingerprint density at radius 2 is 2.21 bits per heavy atom. The molecule has 0 saturated heterocycles. The van der Waals surface area contributed by atoms with Crippen LogP contribution in [0.1, 0.15) is 33.1 Å². The number of terminal acetylenes is 1. The van der Waals surface area contributed by atoms with E-state index in [-0.39, 0.29) is 11.4 Å². The summed E-state index contributed by atoms with van der Waals surface area (Å²) < 4.78 is 0. The minimum atomic E-state index is -0.253. The topological polar surface area (TPSA) is 70.6 Å². The summed E-state index contributed by atoms with van der Waals surface area (Å²) in [4.78, 5) is 0. The average Bonchev–Trinajstić information content (AvgIpc) is 2.17. The third-order valence-corrected chi connectivity index (χ3v) is 1.92. The van der Waals surface area contributed by atoms with Crippen molar-refractivity contribution in [3.05, 3.63) is 0 Å². The van der Waals surface area contributed by atoms with Crippen LogP contribution in [0.3, 0.4) is 0 Å². The molecule has 14 heavy (non-hydrogen) atoms. The van der Waals surface area contributed by atoms with Crippen LogP contribution in [0.2, 0.25) is 0 Å². The van der Waals surface area contributed by atoms with Gasteiger partial charge in [0.15, 0.2) is 0 Å². The lowest BCUT2D eigenvalue weighted by atomic mass is 10.1. The van der Waals surface area contributed by atoms with E-state index in [1.165, 1.54) is 0 Å². The van der Waals surface area contributed by atoms with Gasteiger partial charge in [-0.05, 0) is 33.2 Å². The summed E-state index contributed by atoms with van der Waals surface area (Å²) in [7, 11) is 0. The first-order valence-electron chi connectivity index (χ1n) is 4.71. The van der Waals surface area contributed by atoms with Gasteiger partial charge in [-0.2, -0.15) is 0 Å². The van der Waals surface area contributed by atoms with Crippen molar-refractivity contribution in [2.75, 3.05) is 6.54 Å². The maximum absolute atomic E-state index is 8.28. The minimum absolute atomic E-state index is 0.253. The van der Waals surface area contributed by atoms with Crippen molar-refractivity contribution in [1.82, 2.24) is 5.32 Å². The van der Waals surface area contributed by atoms with Crippen molar-refractivity contribution in [3.8, 4) is 12.3 Å². The summed E-state index contributed by atoms with van der Waals surface area (Å²) in [6.45, 7) is 4.75. The molecule has 0 radical (unpaired) electrons. The normalized spacial score (nSPS) is 12.5. The molecule has 4 N–H and O–H groups in total. The van der Waals surface area contributed by atoms with Crippen molar-refractivity contribution in [3.63, 3.8) is 0 Å². The molecule has 0 fully saturated rings. The molecule has 4 heteroatoms. The van der Waals surface area contributed by atoms with Crippen LogP contribution < -0.4 is 11.1 Å². The van der Waals surface area contributed by atoms with Gasteiger partial charge in [0.1, 0.15) is 5.84 Å². The predicted molar refractivity (Wildman–Crippen MR) is 58.2 cm³/mol. The second-order valence-electron chi connectivity index (χ2n) is 3.74. The van der Waals surface area contributed by atoms with E-state index in [0.717, 1.165) is 19.4 Å². The van der Waals surface area contributed by atoms with Gasteiger partial charge in [-0.25, -0.2) is 0 Å². The van der Waals surface area contributed by atoms with Gasteiger partial charge in [-0.1, -0.05) is 11.1 Å². The van der Waals surface area contributed by atoms with E-state index in [9.17, 15) is 0 Å². The van der Waals surface area contributed by atoms with E-state index in [2.05, 4.69) is 16.4 Å². The summed E-state index contributed by atoms with van der Waals surface area (Å²) in [6.07, 6.45) is 7.78. The molecule has 0 aliphatic rings. The fourth-order valence-electron chi connectivity index (χ4n) is 0.933. The van der Waals surface area contributed by atoms with E-state index in [0.29, 0.717) is 6.42 Å². The summed E-state index contributed by atoms with van der Waals surface area (Å²) in [6, 6.07) is 0. The number of oxime groups is 1. The summed E-state index contributed by atoms with van der Waals surface area (Å²) in [5.74, 6) is 2.93. The molecule has 0 rings (SSSR count). The Labute approximate surface area is 85.6 Å². The monoisotopic (exact) mass is 197 g/mol. The summed E-state index contributed by atoms with van der Waals surface area (Å²) >= 11 is 0. The van der Waals surface area contributed by atoms with Crippen LogP contribution >= 0.6 is 0 Å². The Morgan fingerprint density at radius 3 is 2.71 bits per heavy atom. The molecule has 0 amide bonds. The molecule has 0 aliphatic heterocycles. The molecule has 0 aromatic heterocycles. The fourth-order valence-corrected chi connectivity index (χ4v) is 0.933. The predicted octanol–water partition coefficient (Wildman–Crippen LogP) is 0.905. The fraction of sp³-hybridized carbons (Fsp3) is 0.700. The lowest BCUT2D eigenvalue weighted by Crippen LogP contribution is -2.38. The maximum Gasteiger partial charge on any atom is 0.139 e. The van der Waals surface area contributed by atoms with Gasteiger partial charge in [0, 0.05) is 6.42 Å². The van der Waals surface area contributed by atoms with Crippen LogP contribution in [-0.4, -0.2) is 23.1 Å². The summed E-state index contributed by atoms with van der Waals surface area (Å²) in [5, 5.41) is 14.4. The Kier molecular flexibility index (Phi) is 5.73. The molecule has 0 spiro atoms. The molecular formula is C10H19N3O. The number of nitrogens with zero attached hydrogens (tertiary/aromatic N) is 1. The first-order chi connectivity index (χ1) is 6.52. The molecule has 0 bridgehead atoms. The molecule has 80 valence electrons. The van der Waals surface area contributed by atoms with Crippen LogP contribution in [0.4, 0.5) is 0 Å². The van der Waals surface area contributed by atoms with Crippen LogP contribution in [0, 0.1) is 12.3 Å². The van der Waals surface area contributed by atoms with E-state index < -0.39 is 0 Å². The maximum atomic E-state index is 8.28. The molecule has 4 nitrogen and oxygen atoms in total. The lowest BCUT2D eigenvalue weighted by Gasteiger charge is -2.19. The van der Waals surface area contributed by atoms with Crippen LogP contribution in [0.5, 0.6) is 0 Å². The van der Waals surface area contributed by atoms with Crippen LogP contribution in [-0.2, 0) is 0 Å². The van der Waals surface area contributed by atoms with E-state index in [1.54, 1.807) is 0 Å². The van der Waals surface area contributed by atoms with Crippen molar-refractivity contribution in [2.45, 2.75) is 38.6 Å². The Morgan fingerprint density at radius 1 is 1.57 bits per heavy atom. The number of nitrogens with one attached hydrogen (secondary N) is 1. The second kappa shape index (κ2) is 6.28. The van der Waals surface area contributed by atoms with Crippen molar-refractivity contribution >= 4 is 5.84 Å². The van der Waals surface area contributed by atoms with E-state index >= 15 is 0 Å². The zero-order chi connectivity index (χ0) is 11.0. The van der Waals surface area contributed by atoms with Crippen molar-refractivity contribution < 1.29 is 5.21 Å². The highest BCUT2D eigenvalue weighted by atomic mass is 16.4. The highest BCUT2D eigenvalue weighted by molar-refractivity contribution is 5.79. The van der Waals surface area contributed by atoms with Gasteiger partial charge in [-0.3, -0.25) is 0 Å². The van der Waals surface area contributed by atoms with Gasteiger partial charge >= 0.3 is 0 Å². The number of amidine groups is 1. The molecule has 0 aromatic rings. The van der Waals surface area contributed by atoms with Crippen molar-refractivity contribution in [1.29, 1.82) is 0 Å². The first-order valence-corrected chi connectivity index (χ1v) is 4.71. The number of hydrogen-bond acceptors (Lipinski definition) is 3. The number of nitrogens with two attached hydrogens (primary N) is 1. The van der Waals surface area contributed by atoms with Gasteiger partial charge in [0.05, 0.1) is 5.54 Å². The number of unbranched alkanes of at least 4 members (excludes halogenated alkanes) is 1. The van der Waals surface area contributed by atoms with Gasteiger partial charge in [0.2, 0.25) is 0 Å². The molecular weight excluding hydrogens is 178 g/mol. The molecule has 0 heterocycles. The number of hydrogen-bond donors (Lipinski definition) is 3. The van der Waals surface area contributed by atoms with E-state index in [1.807, 2.05) is 13.8 Å². The quantitative estimate of drug-likeness (QED) is 0.148. The zero-order valence-corrected chi connectivity index (χ0v) is 8.88. The highest BCUT2D eigenvalue weighted by Gasteiger charge is 2.10. The Bertz CT molecular complexity index is 228. The standard InChI is InChI=1S/C10H19N3O/c1-4-10(2,3)12-8-6-5-7-9(11)13-14/h1,12,14H,5-8H2,2-3H3,(H2,11,13). The smallest absolute Gasteiger partial charge is 0.139 e. The van der Waals surface area contributed by atoms with Gasteiger partial charge < -0.3 is 16.3 Å². The Hall–Kier alpha value is -1.21. The summed E-state index contributed by atoms with van der Waals surface area (Å²) in [5.41, 5.74) is 5.06. The van der Waals surface area contributed by atoms with Gasteiger partial charge in [0.25, 0.3) is 0 Å². The largest absolute Gasteiger partial charge is 0.409 e. The molecule has 0 atom stereocenters. The molecule has 0 unspecified atom stereocenters. The lowest BCUT2D eigenvalue weighted by molar-refractivity contribution is 0.316. The first kappa shape index (κ1) is 12.8. The number of rotatable bonds is 6. The Balaban J connectivity index is 3.45. The molecule has 0 aliphatic carbocycles. The second-order valence-corrected chi connectivity index (χ2v) is 3.74. The molecule has 0 aromatic carbocycles. The highest BCUT2D eigenvalue weighted by Crippen LogP contribution is 2.00. The van der Waals surface area contributed by atoms with Crippen molar-refractivity contribution in [2.24, 2.45) is 10.9 Å². The minimum Gasteiger partial charge on any atom is -0.409 e.